The van der Waals surface area contributed by atoms with Crippen LogP contribution in [0.4, 0.5) is 0 Å². The summed E-state index contributed by atoms with van der Waals surface area (Å²) in [4.78, 5) is 14.4. The summed E-state index contributed by atoms with van der Waals surface area (Å²) < 4.78 is 2.50. The van der Waals surface area contributed by atoms with Crippen molar-refractivity contribution in [3.63, 3.8) is 0 Å². The van der Waals surface area contributed by atoms with E-state index in [0.717, 1.165) is 32.1 Å². The molecule has 3 N–H and O–H groups in total. The predicted molar refractivity (Wildman–Crippen MR) is 154 cm³/mol. The van der Waals surface area contributed by atoms with Crippen molar-refractivity contribution >= 4 is 28.1 Å². The fourth-order valence-corrected chi connectivity index (χ4v) is 7.42. The molecule has 0 spiro atoms. The van der Waals surface area contributed by atoms with E-state index < -0.39 is 0 Å². The zero-order chi connectivity index (χ0) is 25.5. The van der Waals surface area contributed by atoms with Crippen LogP contribution in [-0.4, -0.2) is 10.5 Å². The summed E-state index contributed by atoms with van der Waals surface area (Å²) in [7, 11) is 0. The quantitative estimate of drug-likeness (QED) is 0.106. The van der Waals surface area contributed by atoms with Gasteiger partial charge in [-0.05, 0) is 49.4 Å². The summed E-state index contributed by atoms with van der Waals surface area (Å²) in [5.41, 5.74) is 6.27. The van der Waals surface area contributed by atoms with Crippen LogP contribution in [0.5, 0.6) is 0 Å². The maximum absolute atomic E-state index is 13.0. The molecule has 1 aliphatic rings. The van der Waals surface area contributed by atoms with Crippen molar-refractivity contribution in [1.29, 1.82) is 0 Å². The monoisotopic (exact) mass is 507 g/mol. The number of carbonyl (C=O) groups excluding carboxylic acids is 1. The topological polar surface area (TPSA) is 60.1 Å². The maximum Gasteiger partial charge on any atom is 0.241 e. The third-order valence-electron chi connectivity index (χ3n) is 8.22. The summed E-state index contributed by atoms with van der Waals surface area (Å²) in [6, 6.07) is 13.2. The van der Waals surface area contributed by atoms with Gasteiger partial charge in [-0.2, -0.15) is 0 Å². The van der Waals surface area contributed by atoms with E-state index in [2.05, 4.69) is 67.2 Å². The molecule has 3 aromatic rings. The number of rotatable bonds is 13. The predicted octanol–water partition coefficient (Wildman–Crippen LogP) is 8.30. The Labute approximate surface area is 221 Å². The molecule has 1 aliphatic carbocycles. The lowest BCUT2D eigenvalue weighted by atomic mass is 9.67. The molecule has 2 atom stereocenters. The SMILES string of the molecule is CCCCCCCCCCC1(C)CCC(C(=O)NN)c2c1n(-c1ccc(CCC)s1)c1ccccc21. The Balaban J connectivity index is 1.70. The first-order valence-corrected chi connectivity index (χ1v) is 15.1. The van der Waals surface area contributed by atoms with Crippen LogP contribution in [0, 0.1) is 0 Å². The molecule has 0 saturated carbocycles. The van der Waals surface area contributed by atoms with Gasteiger partial charge in [0.15, 0.2) is 0 Å². The Morgan fingerprint density at radius 3 is 2.47 bits per heavy atom. The molecule has 0 bridgehead atoms. The van der Waals surface area contributed by atoms with Crippen LogP contribution >= 0.6 is 11.3 Å². The molecule has 4 nitrogen and oxygen atoms in total. The third-order valence-corrected chi connectivity index (χ3v) is 9.35. The Morgan fingerprint density at radius 2 is 1.75 bits per heavy atom. The van der Waals surface area contributed by atoms with Gasteiger partial charge >= 0.3 is 0 Å². The molecule has 1 aromatic carbocycles. The van der Waals surface area contributed by atoms with E-state index in [0.29, 0.717) is 0 Å². The molecule has 5 heteroatoms. The summed E-state index contributed by atoms with van der Waals surface area (Å²) in [6.45, 7) is 6.96. The van der Waals surface area contributed by atoms with Crippen LogP contribution in [0.3, 0.4) is 0 Å². The van der Waals surface area contributed by atoms with E-state index >= 15 is 0 Å². The van der Waals surface area contributed by atoms with Gasteiger partial charge < -0.3 is 4.57 Å². The molecular formula is C31H45N3OS. The van der Waals surface area contributed by atoms with Gasteiger partial charge in [-0.3, -0.25) is 10.2 Å². The Kier molecular flexibility index (Phi) is 9.30. The maximum atomic E-state index is 13.0. The number of para-hydroxylation sites is 1. The van der Waals surface area contributed by atoms with Gasteiger partial charge in [-0.25, -0.2) is 5.84 Å². The van der Waals surface area contributed by atoms with Crippen molar-refractivity contribution in [2.45, 2.75) is 116 Å². The highest BCUT2D eigenvalue weighted by molar-refractivity contribution is 7.14. The van der Waals surface area contributed by atoms with E-state index in [1.165, 1.54) is 83.4 Å². The summed E-state index contributed by atoms with van der Waals surface area (Å²) in [5, 5.41) is 2.47. The number of carbonyl (C=O) groups is 1. The molecule has 2 heterocycles. The second-order valence-corrected chi connectivity index (χ2v) is 12.1. The minimum Gasteiger partial charge on any atom is -0.304 e. The van der Waals surface area contributed by atoms with Crippen molar-refractivity contribution in [1.82, 2.24) is 9.99 Å². The number of nitrogens with zero attached hydrogens (tertiary/aromatic N) is 1. The molecule has 196 valence electrons. The van der Waals surface area contributed by atoms with Gasteiger partial charge in [-0.15, -0.1) is 11.3 Å². The summed E-state index contributed by atoms with van der Waals surface area (Å²) in [5.74, 6) is 5.42. The van der Waals surface area contributed by atoms with E-state index in [9.17, 15) is 4.79 Å². The minimum absolute atomic E-state index is 0.0385. The van der Waals surface area contributed by atoms with Crippen LogP contribution in [-0.2, 0) is 16.6 Å². The van der Waals surface area contributed by atoms with E-state index in [1.54, 1.807) is 0 Å². The molecule has 1 amide bonds. The van der Waals surface area contributed by atoms with Crippen molar-refractivity contribution in [3.05, 3.63) is 52.5 Å². The first kappa shape index (κ1) is 26.9. The highest BCUT2D eigenvalue weighted by atomic mass is 32.1. The number of amides is 1. The van der Waals surface area contributed by atoms with Crippen LogP contribution < -0.4 is 11.3 Å². The number of nitrogens with one attached hydrogen (secondary N) is 1. The third kappa shape index (κ3) is 5.57. The van der Waals surface area contributed by atoms with Crippen molar-refractivity contribution in [3.8, 4) is 5.00 Å². The molecule has 36 heavy (non-hydrogen) atoms. The molecule has 0 fully saturated rings. The molecule has 2 aromatic heterocycles. The highest BCUT2D eigenvalue weighted by Crippen LogP contribution is 2.51. The first-order valence-electron chi connectivity index (χ1n) is 14.3. The Bertz CT molecular complexity index is 1150. The van der Waals surface area contributed by atoms with Crippen LogP contribution in [0.1, 0.15) is 120 Å². The number of aromatic nitrogens is 1. The number of hydrazine groups is 1. The second-order valence-electron chi connectivity index (χ2n) is 11.0. The van der Waals surface area contributed by atoms with Gasteiger partial charge in [0.25, 0.3) is 0 Å². The number of fused-ring (bicyclic) bond motifs is 3. The van der Waals surface area contributed by atoms with E-state index in [1.807, 2.05) is 11.3 Å². The lowest BCUT2D eigenvalue weighted by Gasteiger charge is -2.38. The summed E-state index contributed by atoms with van der Waals surface area (Å²) >= 11 is 1.90. The number of thiophene rings is 1. The number of benzene rings is 1. The van der Waals surface area contributed by atoms with Gasteiger partial charge in [0.05, 0.1) is 16.4 Å². The average Bonchev–Trinajstić information content (AvgIpc) is 3.49. The van der Waals surface area contributed by atoms with Gasteiger partial charge in [0.1, 0.15) is 0 Å². The molecule has 0 aliphatic heterocycles. The number of unbranched alkanes of at least 4 members (excludes halogenated alkanes) is 7. The normalized spacial score (nSPS) is 19.5. The summed E-state index contributed by atoms with van der Waals surface area (Å²) in [6.07, 6.45) is 15.9. The molecule has 2 unspecified atom stereocenters. The van der Waals surface area contributed by atoms with Gasteiger partial charge in [0, 0.05) is 21.4 Å². The zero-order valence-corrected chi connectivity index (χ0v) is 23.4. The highest BCUT2D eigenvalue weighted by Gasteiger charge is 2.43. The van der Waals surface area contributed by atoms with Gasteiger partial charge in [0.2, 0.25) is 5.91 Å². The lowest BCUT2D eigenvalue weighted by Crippen LogP contribution is -2.40. The van der Waals surface area contributed by atoms with Crippen LogP contribution in [0.2, 0.25) is 0 Å². The number of hydrogen-bond acceptors (Lipinski definition) is 3. The van der Waals surface area contributed by atoms with Crippen LogP contribution in [0.25, 0.3) is 15.9 Å². The Hall–Kier alpha value is -2.11. The van der Waals surface area contributed by atoms with Crippen molar-refractivity contribution in [2.75, 3.05) is 0 Å². The fourth-order valence-electron chi connectivity index (χ4n) is 6.29. The molecule has 0 radical (unpaired) electrons. The first-order chi connectivity index (χ1) is 17.5. The lowest BCUT2D eigenvalue weighted by molar-refractivity contribution is -0.123. The smallest absolute Gasteiger partial charge is 0.241 e. The second kappa shape index (κ2) is 12.4. The van der Waals surface area contributed by atoms with Crippen molar-refractivity contribution < 1.29 is 4.79 Å². The Morgan fingerprint density at radius 1 is 1.03 bits per heavy atom. The number of nitrogens with two attached hydrogens (primary N) is 1. The van der Waals surface area contributed by atoms with Gasteiger partial charge in [-0.1, -0.05) is 96.8 Å². The zero-order valence-electron chi connectivity index (χ0n) is 22.6. The largest absolute Gasteiger partial charge is 0.304 e. The van der Waals surface area contributed by atoms with Crippen molar-refractivity contribution in [2.24, 2.45) is 5.84 Å². The molecule has 4 rings (SSSR count). The van der Waals surface area contributed by atoms with E-state index in [-0.39, 0.29) is 17.2 Å². The molecule has 0 saturated heterocycles. The number of hydrogen-bond donors (Lipinski definition) is 2. The average molecular weight is 508 g/mol. The molecular weight excluding hydrogens is 462 g/mol. The van der Waals surface area contributed by atoms with Crippen LogP contribution in [0.15, 0.2) is 36.4 Å². The fraction of sp³-hybridized carbons (Fsp3) is 0.581. The van der Waals surface area contributed by atoms with E-state index in [4.69, 9.17) is 5.84 Å². The minimum atomic E-state index is -0.196. The number of aryl methyl sites for hydroxylation is 1. The standard InChI is InChI=1S/C31H45N3OS/c1-4-6-7-8-9-10-11-14-21-31(3)22-20-25(30(35)33-32)28-24-16-12-13-17-26(24)34(29(28)31)27-19-18-23(36-27)15-5-2/h12-13,16-19,25H,4-11,14-15,20-22,32H2,1-3H3,(H,33,35).